The van der Waals surface area contributed by atoms with Gasteiger partial charge in [-0.25, -0.2) is 0 Å². The molecule has 1 aromatic heterocycles. The number of hydrogen-bond acceptors (Lipinski definition) is 3. The Morgan fingerprint density at radius 1 is 0.960 bits per heavy atom. The maximum absolute atomic E-state index is 5.52. The number of benzene rings is 2. The summed E-state index contributed by atoms with van der Waals surface area (Å²) in [7, 11) is 1.74. The summed E-state index contributed by atoms with van der Waals surface area (Å²) in [6.45, 7) is 7.38. The normalized spacial score (nSPS) is 15.7. The Labute approximate surface area is 149 Å². The van der Waals surface area contributed by atoms with E-state index >= 15 is 0 Å². The number of piperazine rings is 1. The lowest BCUT2D eigenvalue weighted by atomic mass is 10.1. The second-order valence-electron chi connectivity index (χ2n) is 6.71. The fourth-order valence-electron chi connectivity index (χ4n) is 3.80. The van der Waals surface area contributed by atoms with Crippen molar-refractivity contribution in [3.8, 4) is 5.75 Å². The molecule has 4 heteroatoms. The van der Waals surface area contributed by atoms with E-state index in [0.717, 1.165) is 38.5 Å². The quantitative estimate of drug-likeness (QED) is 0.787. The monoisotopic (exact) mass is 335 g/mol. The molecule has 0 radical (unpaired) electrons. The van der Waals surface area contributed by atoms with Gasteiger partial charge in [-0.3, -0.25) is 4.90 Å². The van der Waals surface area contributed by atoms with Gasteiger partial charge in [-0.2, -0.15) is 0 Å². The van der Waals surface area contributed by atoms with Gasteiger partial charge < -0.3 is 14.6 Å². The van der Waals surface area contributed by atoms with Crippen LogP contribution in [0.5, 0.6) is 5.75 Å². The standard InChI is InChI=1S/C21H25N3O/c1-16-18(17-7-3-4-8-19(17)22-16)15-23-11-13-24(14-12-23)20-9-5-6-10-21(20)25-2/h3-10,22H,11-15H2,1-2H3. The van der Waals surface area contributed by atoms with E-state index in [-0.39, 0.29) is 0 Å². The zero-order valence-electron chi connectivity index (χ0n) is 15.0. The first-order chi connectivity index (χ1) is 12.3. The summed E-state index contributed by atoms with van der Waals surface area (Å²) in [4.78, 5) is 8.49. The van der Waals surface area contributed by atoms with Crippen LogP contribution in [-0.4, -0.2) is 43.2 Å². The molecule has 1 aliphatic heterocycles. The topological polar surface area (TPSA) is 31.5 Å². The van der Waals surface area contributed by atoms with E-state index in [9.17, 15) is 0 Å². The van der Waals surface area contributed by atoms with Crippen LogP contribution in [0.15, 0.2) is 48.5 Å². The molecule has 4 nitrogen and oxygen atoms in total. The zero-order chi connectivity index (χ0) is 17.2. The first-order valence-electron chi connectivity index (χ1n) is 8.93. The van der Waals surface area contributed by atoms with Crippen LogP contribution in [0, 0.1) is 6.92 Å². The lowest BCUT2D eigenvalue weighted by Gasteiger charge is -2.36. The Balaban J connectivity index is 1.46. The predicted octanol–water partition coefficient (Wildman–Crippen LogP) is 3.81. The Morgan fingerprint density at radius 2 is 1.68 bits per heavy atom. The molecule has 25 heavy (non-hydrogen) atoms. The number of anilines is 1. The SMILES string of the molecule is COc1ccccc1N1CCN(Cc2c(C)[nH]c3ccccc23)CC1. The maximum atomic E-state index is 5.52. The van der Waals surface area contributed by atoms with Gasteiger partial charge in [0.2, 0.25) is 0 Å². The maximum Gasteiger partial charge on any atom is 0.142 e. The number of aromatic nitrogens is 1. The van der Waals surface area contributed by atoms with Gasteiger partial charge in [0.05, 0.1) is 12.8 Å². The third-order valence-electron chi connectivity index (χ3n) is 5.21. The van der Waals surface area contributed by atoms with Crippen LogP contribution in [0.2, 0.25) is 0 Å². The number of nitrogens with zero attached hydrogens (tertiary/aromatic N) is 2. The average molecular weight is 335 g/mol. The lowest BCUT2D eigenvalue weighted by Crippen LogP contribution is -2.46. The van der Waals surface area contributed by atoms with Crippen LogP contribution in [0.1, 0.15) is 11.3 Å². The van der Waals surface area contributed by atoms with Gasteiger partial charge in [-0.15, -0.1) is 0 Å². The average Bonchev–Trinajstić information content (AvgIpc) is 2.98. The van der Waals surface area contributed by atoms with Crippen LogP contribution in [0.4, 0.5) is 5.69 Å². The van der Waals surface area contributed by atoms with Crippen molar-refractivity contribution in [1.29, 1.82) is 0 Å². The molecule has 0 saturated carbocycles. The Kier molecular flexibility index (Phi) is 4.36. The zero-order valence-corrected chi connectivity index (χ0v) is 15.0. The molecule has 4 rings (SSSR count). The molecule has 1 saturated heterocycles. The molecule has 1 fully saturated rings. The van der Waals surface area contributed by atoms with E-state index in [1.807, 2.05) is 12.1 Å². The van der Waals surface area contributed by atoms with Gasteiger partial charge in [0, 0.05) is 49.3 Å². The summed E-state index contributed by atoms with van der Waals surface area (Å²) >= 11 is 0. The molecule has 1 aliphatic rings. The minimum absolute atomic E-state index is 0.962. The molecule has 0 atom stereocenters. The highest BCUT2D eigenvalue weighted by atomic mass is 16.5. The van der Waals surface area contributed by atoms with Crippen molar-refractivity contribution in [1.82, 2.24) is 9.88 Å². The number of hydrogen-bond donors (Lipinski definition) is 1. The molecule has 1 N–H and O–H groups in total. The molecule has 2 aromatic carbocycles. The minimum Gasteiger partial charge on any atom is -0.495 e. The van der Waals surface area contributed by atoms with Crippen LogP contribution < -0.4 is 9.64 Å². The third-order valence-corrected chi connectivity index (χ3v) is 5.21. The number of methoxy groups -OCH3 is 1. The lowest BCUT2D eigenvalue weighted by molar-refractivity contribution is 0.249. The van der Waals surface area contributed by atoms with Crippen molar-refractivity contribution in [3.05, 3.63) is 59.8 Å². The summed E-state index contributed by atoms with van der Waals surface area (Å²) in [5.74, 6) is 0.962. The van der Waals surface area contributed by atoms with E-state index < -0.39 is 0 Å². The van der Waals surface area contributed by atoms with Crippen LogP contribution in [0.25, 0.3) is 10.9 Å². The highest BCUT2D eigenvalue weighted by Gasteiger charge is 2.21. The molecule has 0 aliphatic carbocycles. The van der Waals surface area contributed by atoms with E-state index in [1.54, 1.807) is 7.11 Å². The molecular formula is C21H25N3O. The number of rotatable bonds is 4. The largest absolute Gasteiger partial charge is 0.495 e. The van der Waals surface area contributed by atoms with E-state index in [0.29, 0.717) is 0 Å². The number of nitrogens with one attached hydrogen (secondary N) is 1. The number of aromatic amines is 1. The van der Waals surface area contributed by atoms with E-state index in [2.05, 4.69) is 58.1 Å². The van der Waals surface area contributed by atoms with Crippen molar-refractivity contribution in [2.24, 2.45) is 0 Å². The number of ether oxygens (including phenoxy) is 1. The Hall–Kier alpha value is -2.46. The van der Waals surface area contributed by atoms with Crippen LogP contribution in [0.3, 0.4) is 0 Å². The van der Waals surface area contributed by atoms with Gasteiger partial charge in [0.25, 0.3) is 0 Å². The van der Waals surface area contributed by atoms with Crippen molar-refractivity contribution >= 4 is 16.6 Å². The fourth-order valence-corrected chi connectivity index (χ4v) is 3.80. The number of fused-ring (bicyclic) bond motifs is 1. The van der Waals surface area contributed by atoms with Gasteiger partial charge in [0.1, 0.15) is 5.75 Å². The molecule has 2 heterocycles. The minimum atomic E-state index is 0.962. The van der Waals surface area contributed by atoms with Crippen molar-refractivity contribution in [2.45, 2.75) is 13.5 Å². The third kappa shape index (κ3) is 3.10. The molecule has 3 aromatic rings. The first-order valence-corrected chi connectivity index (χ1v) is 8.93. The van der Waals surface area contributed by atoms with Crippen molar-refractivity contribution in [2.75, 3.05) is 38.2 Å². The smallest absolute Gasteiger partial charge is 0.142 e. The number of aryl methyl sites for hydroxylation is 1. The van der Waals surface area contributed by atoms with Gasteiger partial charge in [-0.05, 0) is 30.7 Å². The van der Waals surface area contributed by atoms with E-state index in [1.165, 1.54) is 27.8 Å². The summed E-state index contributed by atoms with van der Waals surface area (Å²) in [5, 5.41) is 1.35. The second-order valence-corrected chi connectivity index (χ2v) is 6.71. The summed E-state index contributed by atoms with van der Waals surface area (Å²) in [6, 6.07) is 16.9. The number of H-pyrrole nitrogens is 1. The van der Waals surface area contributed by atoms with Crippen molar-refractivity contribution < 1.29 is 4.74 Å². The summed E-state index contributed by atoms with van der Waals surface area (Å²) < 4.78 is 5.52. The van der Waals surface area contributed by atoms with Crippen LogP contribution in [-0.2, 0) is 6.54 Å². The predicted molar refractivity (Wildman–Crippen MR) is 104 cm³/mol. The Bertz CT molecular complexity index is 862. The fraction of sp³-hybridized carbons (Fsp3) is 0.333. The summed E-state index contributed by atoms with van der Waals surface area (Å²) in [6.07, 6.45) is 0. The van der Waals surface area contributed by atoms with Crippen LogP contribution >= 0.6 is 0 Å². The highest BCUT2D eigenvalue weighted by molar-refractivity contribution is 5.84. The van der Waals surface area contributed by atoms with Gasteiger partial charge in [0.15, 0.2) is 0 Å². The van der Waals surface area contributed by atoms with Crippen molar-refractivity contribution in [3.63, 3.8) is 0 Å². The summed E-state index contributed by atoms with van der Waals surface area (Å²) in [5.41, 5.74) is 5.16. The molecule has 0 bridgehead atoms. The molecule has 0 spiro atoms. The number of para-hydroxylation sites is 3. The molecule has 0 amide bonds. The molecule has 130 valence electrons. The Morgan fingerprint density at radius 3 is 2.48 bits per heavy atom. The second kappa shape index (κ2) is 6.81. The van der Waals surface area contributed by atoms with Gasteiger partial charge in [-0.1, -0.05) is 30.3 Å². The molecule has 0 unspecified atom stereocenters. The van der Waals surface area contributed by atoms with Gasteiger partial charge >= 0.3 is 0 Å². The molecular weight excluding hydrogens is 310 g/mol. The first kappa shape index (κ1) is 16.0. The highest BCUT2D eigenvalue weighted by Crippen LogP contribution is 2.29. The van der Waals surface area contributed by atoms with E-state index in [4.69, 9.17) is 4.74 Å².